The van der Waals surface area contributed by atoms with Crippen molar-refractivity contribution in [1.82, 2.24) is 0 Å². The number of unbranched alkanes of at least 4 members (excludes halogenated alkanes) is 24. The number of carbonyl (C=O) groups is 5. The maximum Gasteiger partial charge on any atom is 0.344 e. The second kappa shape index (κ2) is 37.0. The van der Waals surface area contributed by atoms with Crippen LogP contribution in [-0.4, -0.2) is 68.0 Å². The first-order chi connectivity index (χ1) is 32.0. The number of fused-ring (bicyclic) bond motifs is 1. The molecule has 12 heteroatoms. The fourth-order valence-corrected chi connectivity index (χ4v) is 8.34. The van der Waals surface area contributed by atoms with Gasteiger partial charge in [-0.05, 0) is 45.1 Å². The monoisotopic (exact) mass is 929 g/mol. The highest BCUT2D eigenvalue weighted by Crippen LogP contribution is 2.42. The summed E-state index contributed by atoms with van der Waals surface area (Å²) in [5.41, 5.74) is 2.74. The van der Waals surface area contributed by atoms with Crippen molar-refractivity contribution in [1.29, 1.82) is 0 Å². The molecule has 1 aliphatic rings. The number of rotatable bonds is 41. The van der Waals surface area contributed by atoms with Crippen LogP contribution in [0.5, 0.6) is 11.5 Å². The van der Waals surface area contributed by atoms with Gasteiger partial charge < -0.3 is 33.5 Å². The molecule has 1 heterocycles. The molecule has 1 N–H and O–H groups in total. The average molecular weight is 929 g/mol. The highest BCUT2D eigenvalue weighted by molar-refractivity contribution is 5.98. The number of aromatic hydroxyl groups is 1. The van der Waals surface area contributed by atoms with E-state index in [0.717, 1.165) is 49.7 Å². The smallest absolute Gasteiger partial charge is 0.344 e. The van der Waals surface area contributed by atoms with Crippen molar-refractivity contribution >= 4 is 29.8 Å². The van der Waals surface area contributed by atoms with Gasteiger partial charge in [0.1, 0.15) is 36.9 Å². The van der Waals surface area contributed by atoms with E-state index in [0.29, 0.717) is 36.1 Å². The molecule has 0 spiro atoms. The van der Waals surface area contributed by atoms with Crippen molar-refractivity contribution < 1.29 is 57.5 Å². The van der Waals surface area contributed by atoms with Crippen LogP contribution in [-0.2, 0) is 55.9 Å². The summed E-state index contributed by atoms with van der Waals surface area (Å²) in [7, 11) is 1.50. The summed E-state index contributed by atoms with van der Waals surface area (Å²) in [5.74, 6) is -2.58. The minimum Gasteiger partial charge on any atom is -0.507 e. The summed E-state index contributed by atoms with van der Waals surface area (Å²) >= 11 is 0. The lowest BCUT2D eigenvalue weighted by atomic mass is 9.94. The minimum absolute atomic E-state index is 0.0225. The van der Waals surface area contributed by atoms with Crippen molar-refractivity contribution in [3.05, 3.63) is 33.9 Å². The van der Waals surface area contributed by atoms with Crippen molar-refractivity contribution in [2.45, 2.75) is 239 Å². The number of hydrogen-bond donors (Lipinski definition) is 1. The third kappa shape index (κ3) is 25.7. The third-order valence-corrected chi connectivity index (χ3v) is 12.5. The van der Waals surface area contributed by atoms with Gasteiger partial charge in [-0.25, -0.2) is 9.59 Å². The summed E-state index contributed by atoms with van der Waals surface area (Å²) < 4.78 is 32.3. The molecule has 12 nitrogen and oxygen atoms in total. The molecule has 0 bridgehead atoms. The number of ether oxygens (including phenoxy) is 6. The van der Waals surface area contributed by atoms with Gasteiger partial charge in [-0.2, -0.15) is 0 Å². The quantitative estimate of drug-likeness (QED) is 0.0287. The molecule has 1 aromatic carbocycles. The minimum atomic E-state index is -1.05. The maximum absolute atomic E-state index is 12.8. The Morgan fingerprint density at radius 2 is 1.03 bits per heavy atom. The molecule has 66 heavy (non-hydrogen) atoms. The van der Waals surface area contributed by atoms with E-state index in [-0.39, 0.29) is 56.8 Å². The van der Waals surface area contributed by atoms with Crippen molar-refractivity contribution in [2.75, 3.05) is 26.9 Å². The fraction of sp³-hybridized carbons (Fsp3) is 0.759. The Hall–Kier alpha value is -4.09. The fourth-order valence-electron chi connectivity index (χ4n) is 8.34. The first-order valence-corrected chi connectivity index (χ1v) is 25.9. The zero-order valence-electron chi connectivity index (χ0n) is 41.8. The van der Waals surface area contributed by atoms with Crippen LogP contribution in [0.2, 0.25) is 0 Å². The molecular formula is C54H88O12. The number of allylic oxidation sites excluding steroid dienone is 2. The average Bonchev–Trinajstić information content (AvgIpc) is 3.71. The van der Waals surface area contributed by atoms with Crippen LogP contribution in [0.3, 0.4) is 0 Å². The second-order valence-corrected chi connectivity index (χ2v) is 18.3. The van der Waals surface area contributed by atoms with Gasteiger partial charge in [-0.3, -0.25) is 14.4 Å². The van der Waals surface area contributed by atoms with Gasteiger partial charge >= 0.3 is 29.8 Å². The SMILES string of the molecule is CCCCCCCCCCCCCCCC(=O)OCC(COC(=O)CCCCCCCCCCCCCCC)OC(=O)COC(=O)CC/C(C)=C/Cc1c(O)c2c(c(C)c1OC)COC2=O. The normalized spacial score (nSPS) is 12.3. The molecule has 0 atom stereocenters. The lowest BCUT2D eigenvalue weighted by molar-refractivity contribution is -0.172. The Labute approximate surface area is 398 Å². The van der Waals surface area contributed by atoms with Crippen LogP contribution in [0.25, 0.3) is 0 Å². The van der Waals surface area contributed by atoms with E-state index < -0.39 is 42.6 Å². The number of esters is 5. The van der Waals surface area contributed by atoms with Crippen molar-refractivity contribution in [3.8, 4) is 11.5 Å². The molecule has 0 fully saturated rings. The summed E-state index contributed by atoms with van der Waals surface area (Å²) in [6.45, 7) is 6.98. The molecule has 1 aliphatic heterocycles. The van der Waals surface area contributed by atoms with E-state index in [2.05, 4.69) is 13.8 Å². The van der Waals surface area contributed by atoms with E-state index in [1.807, 2.05) is 19.9 Å². The first-order valence-electron chi connectivity index (χ1n) is 25.9. The zero-order valence-corrected chi connectivity index (χ0v) is 41.8. The van der Waals surface area contributed by atoms with Crippen LogP contribution in [0.15, 0.2) is 11.6 Å². The van der Waals surface area contributed by atoms with Gasteiger partial charge in [0.15, 0.2) is 12.7 Å². The molecule has 0 unspecified atom stereocenters. The van der Waals surface area contributed by atoms with Gasteiger partial charge in [0, 0.05) is 30.4 Å². The summed E-state index contributed by atoms with van der Waals surface area (Å²) in [4.78, 5) is 63.0. The lowest BCUT2D eigenvalue weighted by Gasteiger charge is -2.18. The highest BCUT2D eigenvalue weighted by Gasteiger charge is 2.32. The number of phenols is 1. The largest absolute Gasteiger partial charge is 0.507 e. The van der Waals surface area contributed by atoms with Crippen LogP contribution >= 0.6 is 0 Å². The Bertz CT molecular complexity index is 1540. The Balaban J connectivity index is 1.77. The van der Waals surface area contributed by atoms with E-state index in [1.165, 1.54) is 123 Å². The van der Waals surface area contributed by atoms with Gasteiger partial charge in [0.25, 0.3) is 0 Å². The van der Waals surface area contributed by atoms with E-state index in [1.54, 1.807) is 0 Å². The third-order valence-electron chi connectivity index (χ3n) is 12.5. The number of methoxy groups -OCH3 is 1. The summed E-state index contributed by atoms with van der Waals surface area (Å²) in [6.07, 6.45) is 33.1. The zero-order chi connectivity index (χ0) is 48.2. The maximum atomic E-state index is 12.8. The molecule has 0 radical (unpaired) electrons. The van der Waals surface area contributed by atoms with Gasteiger partial charge in [0.2, 0.25) is 0 Å². The molecule has 0 saturated heterocycles. The predicted molar refractivity (Wildman–Crippen MR) is 259 cm³/mol. The van der Waals surface area contributed by atoms with Gasteiger partial charge in [-0.1, -0.05) is 180 Å². The standard InChI is InChI=1S/C54H88O12/c1-6-8-10-12-14-16-18-20-22-24-26-28-30-32-47(55)62-38-44(39-63-48(56)33-31-29-27-25-23-21-19-17-15-13-11-9-7-2)66-50(58)41-64-49(57)37-35-42(3)34-36-45-52(59)51-46(40-65-54(51)60)43(4)53(45)61-5/h34,44,59H,6-33,35-41H2,1-5H3/b42-34+. The molecule has 0 amide bonds. The molecule has 1 aromatic rings. The van der Waals surface area contributed by atoms with Crippen LogP contribution in [0, 0.1) is 6.92 Å². The highest BCUT2D eigenvalue weighted by atomic mass is 16.6. The molecular weight excluding hydrogens is 841 g/mol. The van der Waals surface area contributed by atoms with Gasteiger partial charge in [-0.15, -0.1) is 0 Å². The lowest BCUT2D eigenvalue weighted by Crippen LogP contribution is -2.32. The number of phenolic OH excluding ortho intramolecular Hbond substituents is 1. The Morgan fingerprint density at radius 1 is 0.606 bits per heavy atom. The molecule has 376 valence electrons. The summed E-state index contributed by atoms with van der Waals surface area (Å²) in [5, 5.41) is 10.9. The predicted octanol–water partition coefficient (Wildman–Crippen LogP) is 13.2. The van der Waals surface area contributed by atoms with Crippen molar-refractivity contribution in [2.24, 2.45) is 0 Å². The van der Waals surface area contributed by atoms with E-state index in [4.69, 9.17) is 28.4 Å². The molecule has 2 rings (SSSR count). The van der Waals surface area contributed by atoms with Gasteiger partial charge in [0.05, 0.1) is 7.11 Å². The number of benzene rings is 1. The van der Waals surface area contributed by atoms with E-state index >= 15 is 0 Å². The molecule has 0 saturated carbocycles. The topological polar surface area (TPSA) is 161 Å². The number of carbonyl (C=O) groups excluding carboxylic acids is 5. The Kier molecular flexibility index (Phi) is 32.5. The number of hydrogen-bond acceptors (Lipinski definition) is 12. The number of cyclic esters (lactones) is 1. The van der Waals surface area contributed by atoms with E-state index in [9.17, 15) is 29.1 Å². The second-order valence-electron chi connectivity index (χ2n) is 18.3. The van der Waals surface area contributed by atoms with Crippen molar-refractivity contribution in [3.63, 3.8) is 0 Å². The molecule has 0 aromatic heterocycles. The molecule has 0 aliphatic carbocycles. The van der Waals surface area contributed by atoms with Crippen LogP contribution in [0.1, 0.15) is 240 Å². The first kappa shape index (κ1) is 58.0. The Morgan fingerprint density at radius 3 is 1.47 bits per heavy atom. The van der Waals surface area contributed by atoms with Crippen LogP contribution in [0.4, 0.5) is 0 Å². The summed E-state index contributed by atoms with van der Waals surface area (Å²) in [6, 6.07) is 0. The van der Waals surface area contributed by atoms with Crippen LogP contribution < -0.4 is 4.74 Å².